The fourth-order valence-corrected chi connectivity index (χ4v) is 0.683. The van der Waals surface area contributed by atoms with Crippen molar-refractivity contribution in [3.05, 3.63) is 24.2 Å². The highest BCUT2D eigenvalue weighted by Crippen LogP contribution is 1.98. The minimum absolute atomic E-state index is 0.0324. The Hall–Kier alpha value is -0.680. The van der Waals surface area contributed by atoms with Crippen LogP contribution >= 0.6 is 15.9 Å². The van der Waals surface area contributed by atoms with Crippen molar-refractivity contribution in [2.75, 3.05) is 26.7 Å². The number of furan rings is 1. The summed E-state index contributed by atoms with van der Waals surface area (Å²) in [6, 6.07) is 3.33. The average molecular weight is 313 g/mol. The highest BCUT2D eigenvalue weighted by Gasteiger charge is 1.97. The van der Waals surface area contributed by atoms with Gasteiger partial charge in [-0.2, -0.15) is 0 Å². The van der Waals surface area contributed by atoms with Crippen LogP contribution in [0.25, 0.3) is 0 Å². The maximum atomic E-state index is 10.4. The maximum Gasteiger partial charge on any atom is 0.194 e. The average Bonchev–Trinajstić information content (AvgIpc) is 2.90. The van der Waals surface area contributed by atoms with E-state index in [-0.39, 0.29) is 5.78 Å². The molecule has 0 aromatic carbocycles. The predicted molar refractivity (Wildman–Crippen MR) is 72.8 cm³/mol. The van der Waals surface area contributed by atoms with Crippen molar-refractivity contribution in [1.29, 1.82) is 0 Å². The van der Waals surface area contributed by atoms with Gasteiger partial charge in [-0.15, -0.1) is 0 Å². The summed E-state index contributed by atoms with van der Waals surface area (Å²) in [7, 11) is 2.21. The van der Waals surface area contributed by atoms with E-state index in [1.807, 2.05) is 5.83 Å². The molecule has 0 bridgehead atoms. The number of carbonyl (C=O) groups is 1. The number of ether oxygens (including phenoxy) is 1. The largest absolute Gasteiger partial charge is 0.461 e. The molecule has 0 unspecified atom stereocenters. The number of ketones is 1. The Morgan fingerprint density at radius 2 is 2.00 bits per heavy atom. The molecule has 0 saturated heterocycles. The third-order valence-corrected chi connectivity index (χ3v) is 1.28. The molecule has 0 atom stereocenters. The van der Waals surface area contributed by atoms with Gasteiger partial charge < -0.3 is 9.15 Å². The topological polar surface area (TPSA) is 39.4 Å². The number of hydrogen-bond acceptors (Lipinski definition) is 3. The maximum absolute atomic E-state index is 10.4. The van der Waals surface area contributed by atoms with Crippen LogP contribution in [-0.2, 0) is 4.74 Å². The molecule has 0 saturated carbocycles. The molecule has 0 N–H and O–H groups in total. The molecule has 0 amide bonds. The van der Waals surface area contributed by atoms with Crippen LogP contribution in [0.4, 0.5) is 4.39 Å². The van der Waals surface area contributed by atoms with Crippen molar-refractivity contribution in [2.24, 2.45) is 0 Å². The monoisotopic (exact) mass is 312 g/mol. The van der Waals surface area contributed by atoms with E-state index >= 15 is 0 Å². The molecule has 1 aromatic rings. The third kappa shape index (κ3) is 17.9. The zero-order valence-corrected chi connectivity index (χ0v) is 12.7. The van der Waals surface area contributed by atoms with Crippen LogP contribution in [0.2, 0.25) is 0 Å². The van der Waals surface area contributed by atoms with E-state index in [2.05, 4.69) is 22.9 Å². The summed E-state index contributed by atoms with van der Waals surface area (Å²) in [6.45, 7) is 4.45. The number of hydrogen-bond donors (Lipinski definition) is 0. The van der Waals surface area contributed by atoms with Gasteiger partial charge >= 0.3 is 0 Å². The lowest BCUT2D eigenvalue weighted by Crippen LogP contribution is -1.85. The Bertz CT molecular complexity index is 224. The molecule has 0 aliphatic heterocycles. The van der Waals surface area contributed by atoms with Crippen molar-refractivity contribution in [3.8, 4) is 0 Å². The lowest BCUT2D eigenvalue weighted by molar-refractivity contribution is 0.0987. The van der Waals surface area contributed by atoms with E-state index in [1.54, 1.807) is 19.2 Å². The van der Waals surface area contributed by atoms with Crippen LogP contribution in [0.15, 0.2) is 22.8 Å². The van der Waals surface area contributed by atoms with Gasteiger partial charge in [-0.25, -0.2) is 0 Å². The summed E-state index contributed by atoms with van der Waals surface area (Å²) < 4.78 is 18.9. The number of halogens is 2. The first-order valence-electron chi connectivity index (χ1n) is 5.01. The molecule has 1 aromatic heterocycles. The van der Waals surface area contributed by atoms with Crippen LogP contribution in [0, 0.1) is 0 Å². The van der Waals surface area contributed by atoms with Crippen LogP contribution in [0.5, 0.6) is 0 Å². The van der Waals surface area contributed by atoms with E-state index < -0.39 is 0 Å². The van der Waals surface area contributed by atoms with Crippen molar-refractivity contribution < 1.29 is 18.3 Å². The van der Waals surface area contributed by atoms with Gasteiger partial charge in [0, 0.05) is 20.6 Å². The second-order valence-corrected chi connectivity index (χ2v) is 2.53. The molecule has 1 heterocycles. The Morgan fingerprint density at radius 3 is 2.12 bits per heavy atom. The number of alkyl halides is 2. The third-order valence-electron chi connectivity index (χ3n) is 1.28. The molecule has 1 rings (SSSR count). The molecule has 102 valence electrons. The van der Waals surface area contributed by atoms with Crippen molar-refractivity contribution in [3.63, 3.8) is 0 Å². The van der Waals surface area contributed by atoms with Crippen LogP contribution < -0.4 is 0 Å². The van der Waals surface area contributed by atoms with Crippen molar-refractivity contribution in [1.82, 2.24) is 0 Å². The quantitative estimate of drug-likeness (QED) is 0.622. The van der Waals surface area contributed by atoms with Gasteiger partial charge in [-0.3, -0.25) is 9.18 Å². The second-order valence-electron chi connectivity index (χ2n) is 2.53. The van der Waals surface area contributed by atoms with E-state index in [0.29, 0.717) is 12.9 Å². The molecular weight excluding hydrogens is 291 g/mol. The number of methoxy groups -OCH3 is 1. The van der Waals surface area contributed by atoms with Gasteiger partial charge in [0.05, 0.1) is 13.4 Å². The molecule has 0 spiro atoms. The fourth-order valence-electron chi connectivity index (χ4n) is 0.683. The predicted octanol–water partition coefficient (Wildman–Crippen LogP) is 4.12. The summed E-state index contributed by atoms with van der Waals surface area (Å²) in [5.74, 6) is 2.20. The van der Waals surface area contributed by atoms with Crippen LogP contribution in [0.3, 0.4) is 0 Å². The highest BCUT2D eigenvalue weighted by atomic mass is 79.9. The minimum atomic E-state index is -0.0324. The number of rotatable bonds is 3. The SMILES string of the molecule is CBr.CC(=O)c1ccco1.CCCOC.CF. The summed E-state index contributed by atoms with van der Waals surface area (Å²) >= 11 is 2.94. The molecule has 0 aliphatic rings. The smallest absolute Gasteiger partial charge is 0.194 e. The summed E-state index contributed by atoms with van der Waals surface area (Å²) in [4.78, 5) is 10.4. The van der Waals surface area contributed by atoms with Crippen LogP contribution in [-0.4, -0.2) is 32.5 Å². The standard InChI is InChI=1S/C6H6O2.C4H10O.CH3Br.CH3F/c1-5(7)6-3-2-4-8-6;1-3-4-5-2;2*1-2/h2-4H,1H3;3-4H2,1-2H3;2*1H3. The Morgan fingerprint density at radius 1 is 1.47 bits per heavy atom. The van der Waals surface area contributed by atoms with Gasteiger partial charge in [-0.1, -0.05) is 22.9 Å². The highest BCUT2D eigenvalue weighted by molar-refractivity contribution is 9.08. The van der Waals surface area contributed by atoms with Gasteiger partial charge in [0.25, 0.3) is 0 Å². The fraction of sp³-hybridized carbons (Fsp3) is 0.583. The van der Waals surface area contributed by atoms with Crippen LogP contribution in [0.1, 0.15) is 30.8 Å². The van der Waals surface area contributed by atoms with E-state index in [4.69, 9.17) is 9.15 Å². The Kier molecular flexibility index (Phi) is 26.3. The van der Waals surface area contributed by atoms with Gasteiger partial charge in [0.2, 0.25) is 0 Å². The first-order valence-corrected chi connectivity index (χ1v) is 6.60. The summed E-state index contributed by atoms with van der Waals surface area (Å²) in [6.07, 6.45) is 2.60. The normalized spacial score (nSPS) is 7.47. The zero-order chi connectivity index (χ0) is 14.1. The lowest BCUT2D eigenvalue weighted by atomic mass is 10.3. The minimum Gasteiger partial charge on any atom is -0.461 e. The molecule has 0 aliphatic carbocycles. The summed E-state index contributed by atoms with van der Waals surface area (Å²) in [5, 5.41) is 0. The van der Waals surface area contributed by atoms with Crippen molar-refractivity contribution in [2.45, 2.75) is 20.3 Å². The molecule has 5 heteroatoms. The zero-order valence-electron chi connectivity index (χ0n) is 11.1. The van der Waals surface area contributed by atoms with E-state index in [0.717, 1.165) is 13.0 Å². The summed E-state index contributed by atoms with van der Waals surface area (Å²) in [5.41, 5.74) is 0. The molecule has 17 heavy (non-hydrogen) atoms. The Labute approximate surface area is 111 Å². The molecule has 0 fully saturated rings. The number of Topliss-reactive ketones (excluding diaryl/α,β-unsaturated/α-hetero) is 1. The van der Waals surface area contributed by atoms with Gasteiger partial charge in [-0.05, 0) is 24.4 Å². The lowest BCUT2D eigenvalue weighted by Gasteiger charge is -1.84. The molecule has 0 radical (unpaired) electrons. The van der Waals surface area contributed by atoms with E-state index in [1.165, 1.54) is 13.2 Å². The van der Waals surface area contributed by atoms with Crippen molar-refractivity contribution >= 4 is 21.7 Å². The first-order chi connectivity index (χ1) is 8.22. The first kappa shape index (κ1) is 21.6. The molecular formula is C12H22BrFO3. The molecule has 3 nitrogen and oxygen atoms in total. The second kappa shape index (κ2) is 20.7. The van der Waals surface area contributed by atoms with Gasteiger partial charge in [0.15, 0.2) is 11.5 Å². The Balaban J connectivity index is -0.000000190. The van der Waals surface area contributed by atoms with Gasteiger partial charge in [0.1, 0.15) is 0 Å². The van der Waals surface area contributed by atoms with E-state index in [9.17, 15) is 9.18 Å². The number of carbonyl (C=O) groups excluding carboxylic acids is 1.